The van der Waals surface area contributed by atoms with Crippen LogP contribution in [0, 0.1) is 0 Å². The van der Waals surface area contributed by atoms with Crippen LogP contribution in [0.15, 0.2) is 95.6 Å². The minimum Gasteiger partial charge on any atom is -0.489 e. The monoisotopic (exact) mass is 355 g/mol. The molecular formula is C23H17NO3. The van der Waals surface area contributed by atoms with E-state index in [1.807, 2.05) is 84.9 Å². The zero-order valence-corrected chi connectivity index (χ0v) is 14.5. The largest absolute Gasteiger partial charge is 0.489 e. The van der Waals surface area contributed by atoms with Crippen LogP contribution in [0.2, 0.25) is 0 Å². The molecule has 0 unspecified atom stereocenters. The van der Waals surface area contributed by atoms with E-state index in [-0.39, 0.29) is 5.70 Å². The van der Waals surface area contributed by atoms with Crippen molar-refractivity contribution in [2.45, 2.75) is 6.61 Å². The minimum atomic E-state index is -0.454. The Balaban J connectivity index is 1.52. The number of aliphatic imine (C=N–C) groups is 1. The van der Waals surface area contributed by atoms with Crippen molar-refractivity contribution in [3.05, 3.63) is 107 Å². The van der Waals surface area contributed by atoms with E-state index in [4.69, 9.17) is 9.47 Å². The predicted molar refractivity (Wildman–Crippen MR) is 104 cm³/mol. The third kappa shape index (κ3) is 4.12. The highest BCUT2D eigenvalue weighted by molar-refractivity contribution is 6.12. The highest BCUT2D eigenvalue weighted by Gasteiger charge is 2.23. The van der Waals surface area contributed by atoms with Gasteiger partial charge in [0.15, 0.2) is 5.70 Å². The summed E-state index contributed by atoms with van der Waals surface area (Å²) < 4.78 is 11.1. The van der Waals surface area contributed by atoms with Crippen LogP contribution in [0.3, 0.4) is 0 Å². The molecule has 0 fully saturated rings. The number of nitrogens with zero attached hydrogens (tertiary/aromatic N) is 1. The lowest BCUT2D eigenvalue weighted by Gasteiger charge is -2.07. The Morgan fingerprint density at radius 2 is 1.63 bits per heavy atom. The average molecular weight is 355 g/mol. The molecule has 1 aliphatic heterocycles. The Hall–Kier alpha value is -3.66. The highest BCUT2D eigenvalue weighted by Crippen LogP contribution is 2.21. The summed E-state index contributed by atoms with van der Waals surface area (Å²) in [5.74, 6) is 0.597. The van der Waals surface area contributed by atoms with Crippen LogP contribution in [0.5, 0.6) is 5.75 Å². The van der Waals surface area contributed by atoms with Gasteiger partial charge in [0.25, 0.3) is 0 Å². The zero-order valence-electron chi connectivity index (χ0n) is 14.5. The summed E-state index contributed by atoms with van der Waals surface area (Å²) in [6, 6.07) is 26.9. The van der Waals surface area contributed by atoms with E-state index in [2.05, 4.69) is 4.99 Å². The summed E-state index contributed by atoms with van der Waals surface area (Å²) in [5, 5.41) is 0. The van der Waals surface area contributed by atoms with Gasteiger partial charge in [0.05, 0.1) is 0 Å². The highest BCUT2D eigenvalue weighted by atomic mass is 16.6. The van der Waals surface area contributed by atoms with Crippen LogP contribution in [0.25, 0.3) is 6.08 Å². The third-order valence-electron chi connectivity index (χ3n) is 4.05. The molecule has 132 valence electrons. The van der Waals surface area contributed by atoms with Gasteiger partial charge in [-0.1, -0.05) is 60.7 Å². The topological polar surface area (TPSA) is 47.9 Å². The van der Waals surface area contributed by atoms with Crippen molar-refractivity contribution in [3.8, 4) is 5.75 Å². The number of hydrogen-bond acceptors (Lipinski definition) is 4. The second-order valence-corrected chi connectivity index (χ2v) is 6.05. The van der Waals surface area contributed by atoms with Gasteiger partial charge in [-0.3, -0.25) is 0 Å². The minimum absolute atomic E-state index is 0.272. The van der Waals surface area contributed by atoms with Gasteiger partial charge >= 0.3 is 5.97 Å². The van der Waals surface area contributed by atoms with Crippen molar-refractivity contribution in [2.75, 3.05) is 0 Å². The first-order valence-electron chi connectivity index (χ1n) is 8.63. The molecule has 0 amide bonds. The molecule has 3 aromatic carbocycles. The molecule has 4 heteroatoms. The molecule has 0 bridgehead atoms. The molecule has 0 N–H and O–H groups in total. The lowest BCUT2D eigenvalue weighted by atomic mass is 10.2. The molecule has 0 atom stereocenters. The summed E-state index contributed by atoms with van der Waals surface area (Å²) >= 11 is 0. The first-order chi connectivity index (χ1) is 13.3. The van der Waals surface area contributed by atoms with Gasteiger partial charge in [0.1, 0.15) is 12.4 Å². The second kappa shape index (κ2) is 7.70. The van der Waals surface area contributed by atoms with Gasteiger partial charge < -0.3 is 9.47 Å². The molecule has 1 heterocycles. The molecule has 0 spiro atoms. The summed E-state index contributed by atoms with van der Waals surface area (Å²) in [4.78, 5) is 16.4. The zero-order chi connectivity index (χ0) is 18.5. The van der Waals surface area contributed by atoms with E-state index < -0.39 is 5.97 Å². The molecule has 0 aromatic heterocycles. The standard InChI is InChI=1S/C23H17NO3/c25-23-21(24-22(27-23)19-11-5-2-6-12-19)15-18-10-7-13-20(14-18)26-16-17-8-3-1-4-9-17/h1-15H,16H2/b21-15-. The van der Waals surface area contributed by atoms with Gasteiger partial charge in [-0.25, -0.2) is 9.79 Å². The molecule has 0 radical (unpaired) electrons. The van der Waals surface area contributed by atoms with E-state index >= 15 is 0 Å². The fourth-order valence-electron chi connectivity index (χ4n) is 2.71. The first-order valence-corrected chi connectivity index (χ1v) is 8.63. The summed E-state index contributed by atoms with van der Waals surface area (Å²) in [5.41, 5.74) is 2.96. The van der Waals surface area contributed by atoms with Crippen molar-refractivity contribution in [1.29, 1.82) is 0 Å². The molecule has 0 saturated heterocycles. The Bertz CT molecular complexity index is 1010. The van der Waals surface area contributed by atoms with E-state index in [1.165, 1.54) is 0 Å². The first kappa shape index (κ1) is 16.8. The van der Waals surface area contributed by atoms with Crippen LogP contribution < -0.4 is 4.74 Å². The van der Waals surface area contributed by atoms with Crippen LogP contribution in [0.1, 0.15) is 16.7 Å². The van der Waals surface area contributed by atoms with E-state index in [0.29, 0.717) is 12.5 Å². The number of benzene rings is 3. The Kier molecular flexibility index (Phi) is 4.79. The van der Waals surface area contributed by atoms with Crippen molar-refractivity contribution in [3.63, 3.8) is 0 Å². The summed E-state index contributed by atoms with van der Waals surface area (Å²) in [6.07, 6.45) is 1.70. The molecule has 4 rings (SSSR count). The Labute approximate surface area is 157 Å². The molecule has 4 nitrogen and oxygen atoms in total. The lowest BCUT2D eigenvalue weighted by Crippen LogP contribution is -2.04. The van der Waals surface area contributed by atoms with Crippen LogP contribution in [0.4, 0.5) is 0 Å². The SMILES string of the molecule is O=C1OC(c2ccccc2)=N/C1=C\c1cccc(OCc2ccccc2)c1. The maximum absolute atomic E-state index is 12.1. The van der Waals surface area contributed by atoms with Crippen molar-refractivity contribution < 1.29 is 14.3 Å². The van der Waals surface area contributed by atoms with Crippen LogP contribution in [-0.4, -0.2) is 11.9 Å². The summed E-state index contributed by atoms with van der Waals surface area (Å²) in [7, 11) is 0. The molecule has 27 heavy (non-hydrogen) atoms. The fraction of sp³-hybridized carbons (Fsp3) is 0.0435. The molecule has 3 aromatic rings. The second-order valence-electron chi connectivity index (χ2n) is 6.05. The fourth-order valence-corrected chi connectivity index (χ4v) is 2.71. The number of rotatable bonds is 5. The van der Waals surface area contributed by atoms with Gasteiger partial charge in [-0.15, -0.1) is 0 Å². The quantitative estimate of drug-likeness (QED) is 0.496. The smallest absolute Gasteiger partial charge is 0.363 e. The maximum atomic E-state index is 12.1. The van der Waals surface area contributed by atoms with Gasteiger partial charge in [0.2, 0.25) is 5.90 Å². The number of carbonyl (C=O) groups excluding carboxylic acids is 1. The van der Waals surface area contributed by atoms with Gasteiger partial charge in [-0.05, 0) is 41.5 Å². The van der Waals surface area contributed by atoms with E-state index in [0.717, 1.165) is 22.4 Å². The average Bonchev–Trinajstić information content (AvgIpc) is 3.09. The van der Waals surface area contributed by atoms with Crippen molar-refractivity contribution >= 4 is 17.9 Å². The normalized spacial score (nSPS) is 14.7. The Morgan fingerprint density at radius 3 is 2.41 bits per heavy atom. The lowest BCUT2D eigenvalue weighted by molar-refractivity contribution is -0.129. The van der Waals surface area contributed by atoms with Crippen molar-refractivity contribution in [2.24, 2.45) is 4.99 Å². The number of hydrogen-bond donors (Lipinski definition) is 0. The molecule has 1 aliphatic rings. The molecule has 0 aliphatic carbocycles. The van der Waals surface area contributed by atoms with E-state index in [9.17, 15) is 4.79 Å². The third-order valence-corrected chi connectivity index (χ3v) is 4.05. The number of carbonyl (C=O) groups is 1. The predicted octanol–water partition coefficient (Wildman–Crippen LogP) is 4.61. The number of cyclic esters (lactones) is 1. The van der Waals surface area contributed by atoms with Crippen molar-refractivity contribution in [1.82, 2.24) is 0 Å². The van der Waals surface area contributed by atoms with E-state index in [1.54, 1.807) is 6.08 Å². The maximum Gasteiger partial charge on any atom is 0.363 e. The number of ether oxygens (including phenoxy) is 2. The van der Waals surface area contributed by atoms with Crippen LogP contribution >= 0.6 is 0 Å². The Morgan fingerprint density at radius 1 is 0.889 bits per heavy atom. The van der Waals surface area contributed by atoms with Gasteiger partial charge in [-0.2, -0.15) is 0 Å². The summed E-state index contributed by atoms with van der Waals surface area (Å²) in [6.45, 7) is 0.485. The van der Waals surface area contributed by atoms with Crippen LogP contribution in [-0.2, 0) is 16.1 Å². The molecule has 0 saturated carbocycles. The molecular weight excluding hydrogens is 338 g/mol. The van der Waals surface area contributed by atoms with Gasteiger partial charge in [0, 0.05) is 5.56 Å². The number of esters is 1.